The molecule has 0 radical (unpaired) electrons. The third kappa shape index (κ3) is 6.40. The van der Waals surface area contributed by atoms with Gasteiger partial charge < -0.3 is 19.7 Å². The SMILES string of the molecule is CC(C)Oc1ccc(NC(=O)N(C)Cc2ccc(OC(F)F)cc2)c(F)c1. The molecule has 0 aliphatic rings. The predicted octanol–water partition coefficient (Wildman–Crippen LogP) is 4.88. The van der Waals surface area contributed by atoms with Crippen molar-refractivity contribution >= 4 is 11.7 Å². The number of ether oxygens (including phenoxy) is 2. The van der Waals surface area contributed by atoms with Crippen molar-refractivity contribution in [1.82, 2.24) is 4.90 Å². The number of urea groups is 1. The van der Waals surface area contributed by atoms with Gasteiger partial charge in [-0.3, -0.25) is 0 Å². The van der Waals surface area contributed by atoms with Gasteiger partial charge in [-0.2, -0.15) is 8.78 Å². The molecule has 2 amide bonds. The Bertz CT molecular complexity index is 767. The molecule has 0 aromatic heterocycles. The van der Waals surface area contributed by atoms with Gasteiger partial charge in [0.05, 0.1) is 11.8 Å². The molecule has 0 spiro atoms. The van der Waals surface area contributed by atoms with Crippen LogP contribution in [0, 0.1) is 5.82 Å². The number of hydrogen-bond acceptors (Lipinski definition) is 3. The summed E-state index contributed by atoms with van der Waals surface area (Å²) in [6.45, 7) is 0.969. The Morgan fingerprint density at radius 1 is 1.07 bits per heavy atom. The van der Waals surface area contributed by atoms with Crippen LogP contribution in [0.1, 0.15) is 19.4 Å². The van der Waals surface area contributed by atoms with Gasteiger partial charge in [-0.25, -0.2) is 9.18 Å². The highest BCUT2D eigenvalue weighted by atomic mass is 19.3. The van der Waals surface area contributed by atoms with E-state index in [0.717, 1.165) is 0 Å². The third-order valence-corrected chi connectivity index (χ3v) is 3.47. The van der Waals surface area contributed by atoms with Crippen LogP contribution in [0.4, 0.5) is 23.7 Å². The Balaban J connectivity index is 1.95. The molecule has 0 fully saturated rings. The number of anilines is 1. The number of halogens is 3. The molecule has 0 saturated heterocycles. The summed E-state index contributed by atoms with van der Waals surface area (Å²) in [5.74, 6) is -0.199. The summed E-state index contributed by atoms with van der Waals surface area (Å²) in [6.07, 6.45) is -0.0894. The average molecular weight is 382 g/mol. The van der Waals surface area contributed by atoms with E-state index in [-0.39, 0.29) is 24.1 Å². The molecule has 8 heteroatoms. The molecule has 0 heterocycles. The smallest absolute Gasteiger partial charge is 0.387 e. The van der Waals surface area contributed by atoms with Gasteiger partial charge in [0.25, 0.3) is 0 Å². The molecule has 0 unspecified atom stereocenters. The minimum absolute atomic E-state index is 0.0311. The van der Waals surface area contributed by atoms with Gasteiger partial charge in [0.1, 0.15) is 17.3 Å². The predicted molar refractivity (Wildman–Crippen MR) is 95.7 cm³/mol. The van der Waals surface area contributed by atoms with Gasteiger partial charge in [-0.05, 0) is 43.7 Å². The lowest BCUT2D eigenvalue weighted by Crippen LogP contribution is -2.31. The maximum Gasteiger partial charge on any atom is 0.387 e. The quantitative estimate of drug-likeness (QED) is 0.743. The van der Waals surface area contributed by atoms with Crippen molar-refractivity contribution in [1.29, 1.82) is 0 Å². The second-order valence-electron chi connectivity index (χ2n) is 6.12. The largest absolute Gasteiger partial charge is 0.491 e. The number of nitrogens with zero attached hydrogens (tertiary/aromatic N) is 1. The minimum Gasteiger partial charge on any atom is -0.491 e. The van der Waals surface area contributed by atoms with Crippen LogP contribution in [0.25, 0.3) is 0 Å². The Labute approximate surface area is 155 Å². The molecule has 0 atom stereocenters. The molecule has 0 aliphatic carbocycles. The highest BCUT2D eigenvalue weighted by Crippen LogP contribution is 2.22. The number of benzene rings is 2. The first-order valence-corrected chi connectivity index (χ1v) is 8.26. The topological polar surface area (TPSA) is 50.8 Å². The fourth-order valence-corrected chi connectivity index (χ4v) is 2.28. The number of amides is 2. The molecule has 146 valence electrons. The summed E-state index contributed by atoms with van der Waals surface area (Å²) in [7, 11) is 1.53. The van der Waals surface area contributed by atoms with E-state index in [4.69, 9.17) is 4.74 Å². The molecular formula is C19H21F3N2O3. The summed E-state index contributed by atoms with van der Waals surface area (Å²) in [6, 6.07) is 9.60. The van der Waals surface area contributed by atoms with Crippen LogP contribution in [0.5, 0.6) is 11.5 Å². The Kier molecular flexibility index (Phi) is 6.92. The molecule has 27 heavy (non-hydrogen) atoms. The van der Waals surface area contributed by atoms with Crippen LogP contribution in [0.3, 0.4) is 0 Å². The highest BCUT2D eigenvalue weighted by Gasteiger charge is 2.13. The van der Waals surface area contributed by atoms with E-state index in [9.17, 15) is 18.0 Å². The standard InChI is InChI=1S/C19H21F3N2O3/c1-12(2)26-15-8-9-17(16(20)10-15)23-19(25)24(3)11-13-4-6-14(7-5-13)27-18(21)22/h4-10,12,18H,11H2,1-3H3,(H,23,25). The van der Waals surface area contributed by atoms with E-state index >= 15 is 0 Å². The number of rotatable bonds is 7. The second kappa shape index (κ2) is 9.16. The van der Waals surface area contributed by atoms with Crippen molar-refractivity contribution in [2.75, 3.05) is 12.4 Å². The van der Waals surface area contributed by atoms with Crippen LogP contribution >= 0.6 is 0 Å². The number of hydrogen-bond donors (Lipinski definition) is 1. The molecule has 1 N–H and O–H groups in total. The minimum atomic E-state index is -2.89. The zero-order valence-corrected chi connectivity index (χ0v) is 15.2. The summed E-state index contributed by atoms with van der Waals surface area (Å²) >= 11 is 0. The molecule has 5 nitrogen and oxygen atoms in total. The van der Waals surface area contributed by atoms with Crippen LogP contribution in [0.15, 0.2) is 42.5 Å². The summed E-state index contributed by atoms with van der Waals surface area (Å²) in [4.78, 5) is 13.6. The lowest BCUT2D eigenvalue weighted by Gasteiger charge is -2.19. The van der Waals surface area contributed by atoms with Crippen molar-refractivity contribution in [3.8, 4) is 11.5 Å². The monoisotopic (exact) mass is 382 g/mol. The summed E-state index contributed by atoms with van der Waals surface area (Å²) in [5.41, 5.74) is 0.735. The van der Waals surface area contributed by atoms with Gasteiger partial charge in [0.15, 0.2) is 0 Å². The number of carbonyl (C=O) groups excluding carboxylic acids is 1. The van der Waals surface area contributed by atoms with Gasteiger partial charge >= 0.3 is 12.6 Å². The Morgan fingerprint density at radius 3 is 2.26 bits per heavy atom. The normalized spacial score (nSPS) is 10.8. The first-order chi connectivity index (χ1) is 12.7. The third-order valence-electron chi connectivity index (χ3n) is 3.47. The van der Waals surface area contributed by atoms with Crippen LogP contribution in [-0.2, 0) is 6.54 Å². The maximum atomic E-state index is 14.1. The molecule has 0 bridgehead atoms. The van der Waals surface area contributed by atoms with Crippen LogP contribution < -0.4 is 14.8 Å². The fourth-order valence-electron chi connectivity index (χ4n) is 2.28. The fraction of sp³-hybridized carbons (Fsp3) is 0.316. The summed E-state index contributed by atoms with van der Waals surface area (Å²) < 4.78 is 48.1. The van der Waals surface area contributed by atoms with E-state index in [1.54, 1.807) is 18.2 Å². The molecule has 0 saturated carbocycles. The lowest BCUT2D eigenvalue weighted by molar-refractivity contribution is -0.0498. The van der Waals surface area contributed by atoms with E-state index in [1.807, 2.05) is 13.8 Å². The van der Waals surface area contributed by atoms with E-state index in [0.29, 0.717) is 11.3 Å². The van der Waals surface area contributed by atoms with Gasteiger partial charge in [0, 0.05) is 19.7 Å². The summed E-state index contributed by atoms with van der Waals surface area (Å²) in [5, 5.41) is 2.48. The van der Waals surface area contributed by atoms with Crippen LogP contribution in [0.2, 0.25) is 0 Å². The number of nitrogens with one attached hydrogen (secondary N) is 1. The van der Waals surface area contributed by atoms with Crippen LogP contribution in [-0.4, -0.2) is 30.7 Å². The molecule has 2 aromatic rings. The van der Waals surface area contributed by atoms with Crippen molar-refractivity contribution in [3.05, 3.63) is 53.8 Å². The van der Waals surface area contributed by atoms with E-state index in [2.05, 4.69) is 10.1 Å². The average Bonchev–Trinajstić information content (AvgIpc) is 2.58. The Hall–Kier alpha value is -2.90. The molecule has 2 aromatic carbocycles. The zero-order valence-electron chi connectivity index (χ0n) is 15.2. The first-order valence-electron chi connectivity index (χ1n) is 8.26. The second-order valence-corrected chi connectivity index (χ2v) is 6.12. The van der Waals surface area contributed by atoms with Crippen molar-refractivity contribution < 1.29 is 27.4 Å². The van der Waals surface area contributed by atoms with Crippen molar-refractivity contribution in [2.45, 2.75) is 33.1 Å². The Morgan fingerprint density at radius 2 is 1.70 bits per heavy atom. The zero-order chi connectivity index (χ0) is 20.0. The van der Waals surface area contributed by atoms with E-state index < -0.39 is 18.5 Å². The lowest BCUT2D eigenvalue weighted by atomic mass is 10.2. The van der Waals surface area contributed by atoms with Gasteiger partial charge in [0.2, 0.25) is 0 Å². The first kappa shape index (κ1) is 20.4. The van der Waals surface area contributed by atoms with Crippen molar-refractivity contribution in [3.63, 3.8) is 0 Å². The molecule has 2 rings (SSSR count). The molecule has 0 aliphatic heterocycles. The van der Waals surface area contributed by atoms with Gasteiger partial charge in [-0.15, -0.1) is 0 Å². The van der Waals surface area contributed by atoms with E-state index in [1.165, 1.54) is 36.2 Å². The number of carbonyl (C=O) groups is 1. The molecular weight excluding hydrogens is 361 g/mol. The highest BCUT2D eigenvalue weighted by molar-refractivity contribution is 5.89. The number of alkyl halides is 2. The van der Waals surface area contributed by atoms with Crippen molar-refractivity contribution in [2.24, 2.45) is 0 Å². The van der Waals surface area contributed by atoms with Gasteiger partial charge in [-0.1, -0.05) is 12.1 Å². The maximum absolute atomic E-state index is 14.1.